The van der Waals surface area contributed by atoms with Gasteiger partial charge in [-0.3, -0.25) is 5.01 Å². The molecule has 0 aliphatic carbocycles. The molecule has 2 heterocycles. The second-order valence-electron chi connectivity index (χ2n) is 7.41. The van der Waals surface area contributed by atoms with E-state index in [9.17, 15) is 0 Å². The molecule has 2 aromatic carbocycles. The quantitative estimate of drug-likeness (QED) is 0.896. The van der Waals surface area contributed by atoms with E-state index in [0.29, 0.717) is 12.0 Å². The number of aryl methyl sites for hydroxylation is 2. The topological polar surface area (TPSA) is 27.6 Å². The van der Waals surface area contributed by atoms with E-state index in [1.54, 1.807) is 0 Å². The van der Waals surface area contributed by atoms with Crippen LogP contribution in [0.25, 0.3) is 6.08 Å². The van der Waals surface area contributed by atoms with Crippen molar-refractivity contribution >= 4 is 11.8 Å². The lowest BCUT2D eigenvalue weighted by molar-refractivity contribution is 0.211. The van der Waals surface area contributed by atoms with Gasteiger partial charge < -0.3 is 5.32 Å². The van der Waals surface area contributed by atoms with E-state index >= 15 is 0 Å². The Morgan fingerprint density at radius 2 is 1.69 bits per heavy atom. The summed E-state index contributed by atoms with van der Waals surface area (Å²) in [5.74, 6) is 0.406. The lowest BCUT2D eigenvalue weighted by Gasteiger charge is -2.30. The fourth-order valence-corrected chi connectivity index (χ4v) is 4.02. The van der Waals surface area contributed by atoms with Gasteiger partial charge in [0.2, 0.25) is 0 Å². The molecule has 1 N–H and O–H groups in total. The summed E-state index contributed by atoms with van der Waals surface area (Å²) in [5, 5.41) is 10.9. The van der Waals surface area contributed by atoms with Gasteiger partial charge in [0.15, 0.2) is 0 Å². The first-order valence-electron chi connectivity index (χ1n) is 9.55. The Hall–Kier alpha value is -2.39. The van der Waals surface area contributed by atoms with Crippen LogP contribution in [-0.2, 0) is 0 Å². The van der Waals surface area contributed by atoms with E-state index in [2.05, 4.69) is 85.7 Å². The summed E-state index contributed by atoms with van der Waals surface area (Å²) in [6, 6.07) is 18.0. The van der Waals surface area contributed by atoms with Gasteiger partial charge in [-0.15, -0.1) is 0 Å². The summed E-state index contributed by atoms with van der Waals surface area (Å²) >= 11 is 0. The van der Waals surface area contributed by atoms with E-state index in [1.165, 1.54) is 33.5 Å². The van der Waals surface area contributed by atoms with Crippen molar-refractivity contribution < 1.29 is 0 Å². The molecule has 1 saturated heterocycles. The van der Waals surface area contributed by atoms with E-state index < -0.39 is 0 Å². The molecule has 3 heteroatoms. The summed E-state index contributed by atoms with van der Waals surface area (Å²) in [5.41, 5.74) is 7.78. The van der Waals surface area contributed by atoms with Gasteiger partial charge in [-0.1, -0.05) is 59.7 Å². The van der Waals surface area contributed by atoms with Crippen LogP contribution in [0.3, 0.4) is 0 Å². The maximum absolute atomic E-state index is 5.05. The average Bonchev–Trinajstić information content (AvgIpc) is 3.04. The van der Waals surface area contributed by atoms with Gasteiger partial charge in [-0.05, 0) is 43.5 Å². The molecular formula is C23H27N3. The minimum absolute atomic E-state index is 0.324. The van der Waals surface area contributed by atoms with Gasteiger partial charge in [-0.25, -0.2) is 0 Å². The fourth-order valence-electron chi connectivity index (χ4n) is 4.02. The summed E-state index contributed by atoms with van der Waals surface area (Å²) in [6.07, 6.45) is 2.29. The van der Waals surface area contributed by atoms with Gasteiger partial charge >= 0.3 is 0 Å². The first-order chi connectivity index (χ1) is 12.7. The first kappa shape index (κ1) is 17.0. The number of rotatable bonds is 3. The third-order valence-electron chi connectivity index (χ3n) is 5.46. The molecule has 2 aliphatic heterocycles. The van der Waals surface area contributed by atoms with Gasteiger partial charge in [-0.2, -0.15) is 5.10 Å². The second-order valence-corrected chi connectivity index (χ2v) is 7.41. The zero-order chi connectivity index (χ0) is 18.1. The van der Waals surface area contributed by atoms with Crippen LogP contribution in [-0.4, -0.2) is 30.4 Å². The highest BCUT2D eigenvalue weighted by atomic mass is 15.5. The Morgan fingerprint density at radius 1 is 1.04 bits per heavy atom. The highest BCUT2D eigenvalue weighted by Crippen LogP contribution is 2.38. The Balaban J connectivity index is 1.68. The van der Waals surface area contributed by atoms with E-state index in [4.69, 9.17) is 5.10 Å². The Kier molecular flexibility index (Phi) is 4.64. The standard InChI is InChI=1S/C23H27N3/c1-4-26-23(19-11-7-17(3)8-12-19)21-15-24-14-20(22(21)25-26)13-18-9-5-16(2)6-10-18/h5-13,21,23-24H,4,14-15H2,1-3H3/b20-13+/t21-,23-/m1/s1. The van der Waals surface area contributed by atoms with Crippen molar-refractivity contribution in [3.8, 4) is 0 Å². The van der Waals surface area contributed by atoms with Crippen LogP contribution in [0.4, 0.5) is 0 Å². The van der Waals surface area contributed by atoms with Gasteiger partial charge in [0, 0.05) is 25.6 Å². The molecular weight excluding hydrogens is 318 g/mol. The smallest absolute Gasteiger partial charge is 0.0816 e. The molecule has 1 fully saturated rings. The average molecular weight is 345 g/mol. The number of hydrogen-bond acceptors (Lipinski definition) is 3. The van der Waals surface area contributed by atoms with E-state index in [0.717, 1.165) is 19.6 Å². The van der Waals surface area contributed by atoms with Crippen LogP contribution in [0.15, 0.2) is 59.2 Å². The Bertz CT molecular complexity index is 831. The first-order valence-corrected chi connectivity index (χ1v) is 9.55. The van der Waals surface area contributed by atoms with Crippen molar-refractivity contribution in [3.63, 3.8) is 0 Å². The number of benzene rings is 2. The molecule has 2 aliphatic rings. The van der Waals surface area contributed by atoms with Crippen LogP contribution in [0.1, 0.15) is 35.2 Å². The highest BCUT2D eigenvalue weighted by molar-refractivity contribution is 6.07. The van der Waals surface area contributed by atoms with Gasteiger partial charge in [0.1, 0.15) is 0 Å². The monoisotopic (exact) mass is 345 g/mol. The minimum atomic E-state index is 0.324. The molecule has 134 valence electrons. The SMILES string of the molecule is CCN1N=C2/C(=C/c3ccc(C)cc3)CNC[C@H]2[C@H]1c1ccc(C)cc1. The molecule has 0 aromatic heterocycles. The molecule has 0 amide bonds. The van der Waals surface area contributed by atoms with Crippen LogP contribution < -0.4 is 5.32 Å². The lowest BCUT2D eigenvalue weighted by Crippen LogP contribution is -2.40. The number of hydrazone groups is 1. The van der Waals surface area contributed by atoms with E-state index in [-0.39, 0.29) is 0 Å². The highest BCUT2D eigenvalue weighted by Gasteiger charge is 2.40. The maximum Gasteiger partial charge on any atom is 0.0816 e. The minimum Gasteiger partial charge on any atom is -0.312 e. The van der Waals surface area contributed by atoms with Crippen molar-refractivity contribution in [2.45, 2.75) is 26.8 Å². The number of hydrogen-bond donors (Lipinski definition) is 1. The third kappa shape index (κ3) is 3.19. The maximum atomic E-state index is 5.05. The summed E-state index contributed by atoms with van der Waals surface area (Å²) in [6.45, 7) is 9.26. The largest absolute Gasteiger partial charge is 0.312 e. The molecule has 3 nitrogen and oxygen atoms in total. The molecule has 0 radical (unpaired) electrons. The predicted molar refractivity (Wildman–Crippen MR) is 109 cm³/mol. The molecule has 4 rings (SSSR count). The zero-order valence-corrected chi connectivity index (χ0v) is 15.9. The molecule has 2 aromatic rings. The normalized spacial score (nSPS) is 23.9. The van der Waals surface area contributed by atoms with Crippen molar-refractivity contribution in [2.75, 3.05) is 19.6 Å². The molecule has 0 bridgehead atoms. The predicted octanol–water partition coefficient (Wildman–Crippen LogP) is 4.34. The van der Waals surface area contributed by atoms with E-state index in [1.807, 2.05) is 0 Å². The van der Waals surface area contributed by atoms with Gasteiger partial charge in [0.25, 0.3) is 0 Å². The fraction of sp³-hybridized carbons (Fsp3) is 0.348. The van der Waals surface area contributed by atoms with Crippen LogP contribution in [0.5, 0.6) is 0 Å². The van der Waals surface area contributed by atoms with Crippen LogP contribution in [0, 0.1) is 19.8 Å². The summed E-state index contributed by atoms with van der Waals surface area (Å²) in [7, 11) is 0. The molecule has 0 saturated carbocycles. The van der Waals surface area contributed by atoms with Crippen LogP contribution >= 0.6 is 0 Å². The lowest BCUT2D eigenvalue weighted by atomic mass is 9.84. The van der Waals surface area contributed by atoms with Crippen molar-refractivity contribution in [2.24, 2.45) is 11.0 Å². The van der Waals surface area contributed by atoms with Crippen LogP contribution in [0.2, 0.25) is 0 Å². The molecule has 0 spiro atoms. The summed E-state index contributed by atoms with van der Waals surface area (Å²) < 4.78 is 0. The molecule has 26 heavy (non-hydrogen) atoms. The van der Waals surface area contributed by atoms with Crippen molar-refractivity contribution in [1.29, 1.82) is 0 Å². The molecule has 0 unspecified atom stereocenters. The third-order valence-corrected chi connectivity index (χ3v) is 5.46. The van der Waals surface area contributed by atoms with Crippen molar-refractivity contribution in [1.82, 2.24) is 10.3 Å². The second kappa shape index (κ2) is 7.08. The summed E-state index contributed by atoms with van der Waals surface area (Å²) in [4.78, 5) is 0. The number of nitrogens with one attached hydrogen (secondary N) is 1. The number of fused-ring (bicyclic) bond motifs is 1. The zero-order valence-electron chi connectivity index (χ0n) is 15.9. The number of nitrogens with zero attached hydrogens (tertiary/aromatic N) is 2. The number of piperidine rings is 1. The van der Waals surface area contributed by atoms with Gasteiger partial charge in [0.05, 0.1) is 11.8 Å². The Morgan fingerprint density at radius 3 is 2.35 bits per heavy atom. The van der Waals surface area contributed by atoms with Crippen molar-refractivity contribution in [3.05, 3.63) is 76.4 Å². The Labute approximate surface area is 156 Å². The molecule has 2 atom stereocenters.